The summed E-state index contributed by atoms with van der Waals surface area (Å²) in [5.74, 6) is -5.93. The molecule has 1 heterocycles. The Bertz CT molecular complexity index is 802. The molecule has 1 saturated heterocycles. The number of aliphatic hydroxyl groups is 1. The summed E-state index contributed by atoms with van der Waals surface area (Å²) in [7, 11) is 0. The third kappa shape index (κ3) is 4.66. The van der Waals surface area contributed by atoms with Crippen LogP contribution in [-0.4, -0.2) is 28.3 Å². The first-order valence-corrected chi connectivity index (χ1v) is 8.42. The lowest BCUT2D eigenvalue weighted by Gasteiger charge is -2.18. The van der Waals surface area contributed by atoms with Crippen LogP contribution in [0.4, 0.5) is 14.5 Å². The van der Waals surface area contributed by atoms with Crippen LogP contribution in [0.2, 0.25) is 0 Å². The monoisotopic (exact) mass is 378 g/mol. The van der Waals surface area contributed by atoms with E-state index in [9.17, 15) is 23.5 Å². The number of rotatable bonds is 4. The second-order valence-corrected chi connectivity index (χ2v) is 5.45. The van der Waals surface area contributed by atoms with E-state index in [2.05, 4.69) is 5.32 Å². The van der Waals surface area contributed by atoms with Crippen LogP contribution in [0.1, 0.15) is 19.4 Å². The van der Waals surface area contributed by atoms with Crippen LogP contribution in [-0.2, 0) is 21.0 Å². The molecule has 2 aromatic rings. The van der Waals surface area contributed by atoms with Gasteiger partial charge < -0.3 is 15.3 Å². The van der Waals surface area contributed by atoms with E-state index in [1.54, 1.807) is 30.3 Å². The van der Waals surface area contributed by atoms with Gasteiger partial charge in [0.2, 0.25) is 5.91 Å². The molecule has 0 bridgehead atoms. The van der Waals surface area contributed by atoms with Gasteiger partial charge in [0.15, 0.2) is 23.8 Å². The SMILES string of the molecule is CC.O=C(Nc1cccc(F)c1F)C1C(=O)ON(Cc2ccccc2)C1O. The Labute approximate surface area is 155 Å². The van der Waals surface area contributed by atoms with Gasteiger partial charge in [-0.2, -0.15) is 0 Å². The number of hydroxylamine groups is 2. The molecule has 1 amide bonds. The fourth-order valence-corrected chi connectivity index (χ4v) is 2.46. The van der Waals surface area contributed by atoms with E-state index in [4.69, 9.17) is 4.84 Å². The number of benzene rings is 2. The molecule has 0 spiro atoms. The molecule has 27 heavy (non-hydrogen) atoms. The van der Waals surface area contributed by atoms with E-state index >= 15 is 0 Å². The summed E-state index contributed by atoms with van der Waals surface area (Å²) in [6.07, 6.45) is -1.55. The van der Waals surface area contributed by atoms with E-state index in [0.717, 1.165) is 22.8 Å². The van der Waals surface area contributed by atoms with Gasteiger partial charge in [0, 0.05) is 0 Å². The summed E-state index contributed by atoms with van der Waals surface area (Å²) < 4.78 is 26.8. The fraction of sp³-hybridized carbons (Fsp3) is 0.263. The second kappa shape index (κ2) is 9.20. The molecule has 3 rings (SSSR count). The van der Waals surface area contributed by atoms with Crippen molar-refractivity contribution in [2.75, 3.05) is 5.32 Å². The van der Waals surface area contributed by atoms with E-state index < -0.39 is 41.3 Å². The molecule has 1 aliphatic rings. The highest BCUT2D eigenvalue weighted by molar-refractivity contribution is 6.05. The van der Waals surface area contributed by atoms with E-state index in [1.807, 2.05) is 13.8 Å². The first-order chi connectivity index (χ1) is 13.0. The number of carbonyl (C=O) groups excluding carboxylic acids is 2. The molecule has 144 valence electrons. The van der Waals surface area contributed by atoms with Gasteiger partial charge in [0.1, 0.15) is 0 Å². The maximum Gasteiger partial charge on any atom is 0.341 e. The number of hydrogen-bond donors (Lipinski definition) is 2. The van der Waals surface area contributed by atoms with E-state index in [0.29, 0.717) is 0 Å². The van der Waals surface area contributed by atoms with Crippen molar-refractivity contribution in [2.24, 2.45) is 5.92 Å². The molecule has 1 fully saturated rings. The minimum absolute atomic E-state index is 0.0753. The average molecular weight is 378 g/mol. The summed E-state index contributed by atoms with van der Waals surface area (Å²) in [5, 5.41) is 13.3. The predicted molar refractivity (Wildman–Crippen MR) is 93.9 cm³/mol. The maximum absolute atomic E-state index is 13.6. The quantitative estimate of drug-likeness (QED) is 0.800. The standard InChI is InChI=1S/C17H14F2N2O4.C2H6/c18-11-7-4-8-12(14(11)19)20-15(22)13-16(23)21(25-17(13)24)9-10-5-2-1-3-6-10;1-2/h1-8,13,16,23H,9H2,(H,20,22);1-2H3. The van der Waals surface area contributed by atoms with Crippen molar-refractivity contribution < 1.29 is 28.3 Å². The smallest absolute Gasteiger partial charge is 0.341 e. The Morgan fingerprint density at radius 2 is 1.81 bits per heavy atom. The minimum atomic E-state index is -1.58. The zero-order chi connectivity index (χ0) is 20.0. The predicted octanol–water partition coefficient (Wildman–Crippen LogP) is 2.84. The first kappa shape index (κ1) is 20.5. The van der Waals surface area contributed by atoms with Gasteiger partial charge in [-0.25, -0.2) is 13.6 Å². The number of halogens is 2. The molecule has 2 atom stereocenters. The molecular weight excluding hydrogens is 358 g/mol. The maximum atomic E-state index is 13.6. The van der Waals surface area contributed by atoms with Gasteiger partial charge in [-0.1, -0.05) is 50.2 Å². The summed E-state index contributed by atoms with van der Waals surface area (Å²) in [5.41, 5.74) is 0.332. The van der Waals surface area contributed by atoms with Gasteiger partial charge in [-0.05, 0) is 17.7 Å². The summed E-state index contributed by atoms with van der Waals surface area (Å²) in [6.45, 7) is 4.08. The molecule has 0 aromatic heterocycles. The first-order valence-electron chi connectivity index (χ1n) is 8.42. The van der Waals surface area contributed by atoms with Crippen LogP contribution in [0.3, 0.4) is 0 Å². The van der Waals surface area contributed by atoms with Gasteiger partial charge in [-0.15, -0.1) is 5.06 Å². The highest BCUT2D eigenvalue weighted by atomic mass is 19.2. The topological polar surface area (TPSA) is 78.9 Å². The van der Waals surface area contributed by atoms with Crippen LogP contribution < -0.4 is 5.32 Å². The highest BCUT2D eigenvalue weighted by Gasteiger charge is 2.47. The minimum Gasteiger partial charge on any atom is -0.374 e. The molecule has 2 unspecified atom stereocenters. The Morgan fingerprint density at radius 1 is 1.15 bits per heavy atom. The number of hydrogen-bond acceptors (Lipinski definition) is 5. The van der Waals surface area contributed by atoms with Crippen molar-refractivity contribution in [2.45, 2.75) is 26.6 Å². The van der Waals surface area contributed by atoms with Crippen LogP contribution in [0.25, 0.3) is 0 Å². The van der Waals surface area contributed by atoms with Crippen molar-refractivity contribution in [3.63, 3.8) is 0 Å². The molecule has 1 aliphatic heterocycles. The van der Waals surface area contributed by atoms with Crippen LogP contribution >= 0.6 is 0 Å². The lowest BCUT2D eigenvalue weighted by atomic mass is 10.1. The van der Waals surface area contributed by atoms with Crippen molar-refractivity contribution in [1.82, 2.24) is 5.06 Å². The Morgan fingerprint density at radius 3 is 2.48 bits per heavy atom. The molecule has 0 saturated carbocycles. The Kier molecular flexibility index (Phi) is 6.98. The number of aliphatic hydroxyl groups excluding tert-OH is 1. The lowest BCUT2D eigenvalue weighted by molar-refractivity contribution is -0.198. The van der Waals surface area contributed by atoms with Crippen molar-refractivity contribution in [3.05, 3.63) is 65.7 Å². The third-order valence-corrected chi connectivity index (χ3v) is 3.73. The van der Waals surface area contributed by atoms with E-state index in [1.165, 1.54) is 6.07 Å². The van der Waals surface area contributed by atoms with Crippen molar-refractivity contribution in [1.29, 1.82) is 0 Å². The highest BCUT2D eigenvalue weighted by Crippen LogP contribution is 2.25. The Balaban J connectivity index is 0.00000126. The molecule has 0 radical (unpaired) electrons. The molecular formula is C19H20F2N2O4. The zero-order valence-electron chi connectivity index (χ0n) is 14.9. The van der Waals surface area contributed by atoms with Crippen LogP contribution in [0, 0.1) is 17.6 Å². The lowest BCUT2D eigenvalue weighted by Crippen LogP contribution is -2.38. The van der Waals surface area contributed by atoms with Gasteiger partial charge in [0.25, 0.3) is 0 Å². The van der Waals surface area contributed by atoms with Gasteiger partial charge >= 0.3 is 5.97 Å². The van der Waals surface area contributed by atoms with Crippen molar-refractivity contribution in [3.8, 4) is 0 Å². The molecule has 6 nitrogen and oxygen atoms in total. The molecule has 0 aliphatic carbocycles. The zero-order valence-corrected chi connectivity index (χ0v) is 14.9. The number of carbonyl (C=O) groups is 2. The summed E-state index contributed by atoms with van der Waals surface area (Å²) >= 11 is 0. The number of nitrogens with zero attached hydrogens (tertiary/aromatic N) is 1. The normalized spacial score (nSPS) is 19.1. The van der Waals surface area contributed by atoms with Crippen molar-refractivity contribution >= 4 is 17.6 Å². The fourth-order valence-electron chi connectivity index (χ4n) is 2.46. The van der Waals surface area contributed by atoms with Gasteiger partial charge in [0.05, 0.1) is 12.2 Å². The molecule has 8 heteroatoms. The largest absolute Gasteiger partial charge is 0.374 e. The summed E-state index contributed by atoms with van der Waals surface area (Å²) in [4.78, 5) is 29.0. The number of anilines is 1. The van der Waals surface area contributed by atoms with Gasteiger partial charge in [-0.3, -0.25) is 4.79 Å². The number of amides is 1. The number of nitrogens with one attached hydrogen (secondary N) is 1. The van der Waals surface area contributed by atoms with Crippen LogP contribution in [0.15, 0.2) is 48.5 Å². The third-order valence-electron chi connectivity index (χ3n) is 3.73. The van der Waals surface area contributed by atoms with E-state index in [-0.39, 0.29) is 6.54 Å². The second-order valence-electron chi connectivity index (χ2n) is 5.45. The molecule has 2 N–H and O–H groups in total. The Hall–Kier alpha value is -2.84. The van der Waals surface area contributed by atoms with Crippen LogP contribution in [0.5, 0.6) is 0 Å². The summed E-state index contributed by atoms with van der Waals surface area (Å²) in [6, 6.07) is 12.1. The average Bonchev–Trinajstić information content (AvgIpc) is 2.95. The molecule has 2 aromatic carbocycles.